The fraction of sp³-hybridized carbons (Fsp3) is 0.143. The topological polar surface area (TPSA) is 124 Å². The molecule has 0 unspecified atom stereocenters. The number of anilines is 3. The van der Waals surface area contributed by atoms with Crippen LogP contribution in [0.2, 0.25) is 0 Å². The molecule has 41 heavy (non-hydrogen) atoms. The molecular formula is C28H22F3N7O3. The van der Waals surface area contributed by atoms with E-state index in [2.05, 4.69) is 30.6 Å². The third-order valence-corrected chi connectivity index (χ3v) is 6.29. The number of fused-ring (bicyclic) bond motifs is 1. The summed E-state index contributed by atoms with van der Waals surface area (Å²) in [5.74, 6) is -0.0209. The van der Waals surface area contributed by atoms with E-state index in [4.69, 9.17) is 4.74 Å². The van der Waals surface area contributed by atoms with Crippen molar-refractivity contribution in [2.45, 2.75) is 20.0 Å². The Kier molecular flexibility index (Phi) is 7.10. The van der Waals surface area contributed by atoms with E-state index in [1.807, 2.05) is 0 Å². The van der Waals surface area contributed by atoms with Crippen molar-refractivity contribution in [1.29, 1.82) is 0 Å². The fourth-order valence-corrected chi connectivity index (χ4v) is 4.20. The Bertz CT molecular complexity index is 1860. The van der Waals surface area contributed by atoms with E-state index in [0.717, 1.165) is 18.2 Å². The van der Waals surface area contributed by atoms with E-state index in [0.29, 0.717) is 33.8 Å². The Labute approximate surface area is 230 Å². The first-order valence-electron chi connectivity index (χ1n) is 12.2. The number of aryl methyl sites for hydroxylation is 2. The number of amides is 1. The highest BCUT2D eigenvalue weighted by molar-refractivity contribution is 6.04. The summed E-state index contributed by atoms with van der Waals surface area (Å²) in [5.41, 5.74) is 0.864. The van der Waals surface area contributed by atoms with E-state index < -0.39 is 23.3 Å². The van der Waals surface area contributed by atoms with E-state index in [-0.39, 0.29) is 22.8 Å². The lowest BCUT2D eigenvalue weighted by atomic mass is 10.1. The first-order valence-corrected chi connectivity index (χ1v) is 12.2. The third kappa shape index (κ3) is 5.55. The zero-order chi connectivity index (χ0) is 29.3. The van der Waals surface area contributed by atoms with E-state index in [1.165, 1.54) is 23.9 Å². The average molecular weight is 562 g/mol. The van der Waals surface area contributed by atoms with Gasteiger partial charge in [-0.25, -0.2) is 9.78 Å². The lowest BCUT2D eigenvalue weighted by molar-refractivity contribution is -0.137. The van der Waals surface area contributed by atoms with E-state index >= 15 is 0 Å². The van der Waals surface area contributed by atoms with Crippen LogP contribution < -0.4 is 21.1 Å². The minimum absolute atomic E-state index is 0.159. The molecule has 2 aromatic carbocycles. The molecule has 0 fully saturated rings. The van der Waals surface area contributed by atoms with Crippen LogP contribution in [0.4, 0.5) is 30.5 Å². The van der Waals surface area contributed by atoms with Crippen LogP contribution in [0.25, 0.3) is 16.7 Å². The molecule has 0 spiro atoms. The van der Waals surface area contributed by atoms with Gasteiger partial charge in [0.15, 0.2) is 5.65 Å². The molecule has 0 bridgehead atoms. The quantitative estimate of drug-likeness (QED) is 0.290. The smallest absolute Gasteiger partial charge is 0.416 e. The number of aromatic nitrogens is 5. The zero-order valence-corrected chi connectivity index (χ0v) is 21.9. The number of nitrogens with one attached hydrogen (secondary N) is 2. The predicted molar refractivity (Wildman–Crippen MR) is 146 cm³/mol. The number of carbonyl (C=O) groups is 1. The van der Waals surface area contributed by atoms with Crippen LogP contribution in [0.1, 0.15) is 27.2 Å². The first kappa shape index (κ1) is 27.2. The number of hydrogen-bond acceptors (Lipinski definition) is 8. The number of rotatable bonds is 6. The summed E-state index contributed by atoms with van der Waals surface area (Å²) >= 11 is 0. The van der Waals surface area contributed by atoms with Crippen LogP contribution in [0.15, 0.2) is 71.9 Å². The number of methoxy groups -OCH3 is 1. The molecule has 0 radical (unpaired) electrons. The van der Waals surface area contributed by atoms with Crippen LogP contribution in [0.3, 0.4) is 0 Å². The molecule has 3 heterocycles. The lowest BCUT2D eigenvalue weighted by Crippen LogP contribution is -2.25. The average Bonchev–Trinajstić information content (AvgIpc) is 2.94. The fourth-order valence-electron chi connectivity index (χ4n) is 4.20. The SMILES string of the molecule is COc1ccncc1Nc1ncc2c(C)n(-c3cc(NC(=O)c4cccc(C(F)(F)F)c4)ccc3C)c(=O)nc2n1. The molecule has 0 saturated heterocycles. The van der Waals surface area contributed by atoms with Crippen molar-refractivity contribution in [1.82, 2.24) is 24.5 Å². The highest BCUT2D eigenvalue weighted by Crippen LogP contribution is 2.30. The number of halogens is 3. The van der Waals surface area contributed by atoms with Gasteiger partial charge in [0.25, 0.3) is 5.91 Å². The second-order valence-corrected chi connectivity index (χ2v) is 8.98. The third-order valence-electron chi connectivity index (χ3n) is 6.29. The normalized spacial score (nSPS) is 11.4. The predicted octanol–water partition coefficient (Wildman–Crippen LogP) is 5.21. The maximum Gasteiger partial charge on any atom is 0.416 e. The van der Waals surface area contributed by atoms with Gasteiger partial charge < -0.3 is 15.4 Å². The molecule has 0 atom stereocenters. The lowest BCUT2D eigenvalue weighted by Gasteiger charge is -2.16. The molecule has 0 aliphatic rings. The van der Waals surface area contributed by atoms with Gasteiger partial charge in [-0.15, -0.1) is 0 Å². The molecule has 0 aliphatic carbocycles. The Balaban J connectivity index is 1.48. The molecule has 0 aliphatic heterocycles. The van der Waals surface area contributed by atoms with Gasteiger partial charge in [0.2, 0.25) is 5.95 Å². The van der Waals surface area contributed by atoms with Gasteiger partial charge in [0.05, 0.1) is 29.9 Å². The molecular weight excluding hydrogens is 539 g/mol. The minimum atomic E-state index is -4.58. The number of ether oxygens (including phenoxy) is 1. The summed E-state index contributed by atoms with van der Waals surface area (Å²) in [6, 6.07) is 10.6. The Morgan fingerprint density at radius 1 is 1.02 bits per heavy atom. The molecule has 0 saturated carbocycles. The van der Waals surface area contributed by atoms with Gasteiger partial charge in [0, 0.05) is 35.4 Å². The minimum Gasteiger partial charge on any atom is -0.494 e. The largest absolute Gasteiger partial charge is 0.494 e. The van der Waals surface area contributed by atoms with Crippen molar-refractivity contribution in [2.75, 3.05) is 17.7 Å². The molecule has 13 heteroatoms. The summed E-state index contributed by atoms with van der Waals surface area (Å²) in [6.07, 6.45) is 0.0681. The number of carbonyl (C=O) groups excluding carboxylic acids is 1. The Hall–Kier alpha value is -5.33. The molecule has 5 rings (SSSR count). The standard InChI is InChI=1S/C28H22F3N7O3/c1-15-7-8-19(34-25(39)17-5-4-6-18(11-17)28(29,30)31)12-22(15)38-16(2)20-13-33-26(36-24(20)37-27(38)40)35-21-14-32-10-9-23(21)41-3/h4-14H,1-3H3,(H,34,39)(H,35,36,37,40). The van der Waals surface area contributed by atoms with Crippen LogP contribution in [0, 0.1) is 13.8 Å². The number of hydrogen-bond donors (Lipinski definition) is 2. The van der Waals surface area contributed by atoms with Crippen molar-refractivity contribution in [3.8, 4) is 11.4 Å². The van der Waals surface area contributed by atoms with Gasteiger partial charge in [-0.1, -0.05) is 12.1 Å². The number of pyridine rings is 1. The van der Waals surface area contributed by atoms with Gasteiger partial charge >= 0.3 is 11.9 Å². The van der Waals surface area contributed by atoms with Crippen molar-refractivity contribution in [2.24, 2.45) is 0 Å². The van der Waals surface area contributed by atoms with Crippen LogP contribution in [-0.2, 0) is 6.18 Å². The zero-order valence-electron chi connectivity index (χ0n) is 21.9. The summed E-state index contributed by atoms with van der Waals surface area (Å²) in [7, 11) is 1.52. The molecule has 1 amide bonds. The van der Waals surface area contributed by atoms with Gasteiger partial charge in [-0.2, -0.15) is 23.1 Å². The van der Waals surface area contributed by atoms with Crippen LogP contribution in [-0.4, -0.2) is 37.5 Å². The Morgan fingerprint density at radius 3 is 2.59 bits per heavy atom. The molecule has 5 aromatic rings. The molecule has 3 aromatic heterocycles. The van der Waals surface area contributed by atoms with E-state index in [9.17, 15) is 22.8 Å². The van der Waals surface area contributed by atoms with Crippen LogP contribution in [0.5, 0.6) is 5.75 Å². The van der Waals surface area contributed by atoms with E-state index in [1.54, 1.807) is 50.5 Å². The second kappa shape index (κ2) is 10.7. The summed E-state index contributed by atoms with van der Waals surface area (Å²) in [5, 5.41) is 6.11. The summed E-state index contributed by atoms with van der Waals surface area (Å²) in [4.78, 5) is 42.9. The summed E-state index contributed by atoms with van der Waals surface area (Å²) in [6.45, 7) is 3.48. The maximum atomic E-state index is 13.2. The first-order chi connectivity index (χ1) is 19.5. The number of alkyl halides is 3. The van der Waals surface area contributed by atoms with Gasteiger partial charge in [-0.05, 0) is 49.7 Å². The monoisotopic (exact) mass is 561 g/mol. The molecule has 10 nitrogen and oxygen atoms in total. The molecule has 2 N–H and O–H groups in total. The number of nitrogens with zero attached hydrogens (tertiary/aromatic N) is 5. The molecule has 208 valence electrons. The maximum absolute atomic E-state index is 13.2. The summed E-state index contributed by atoms with van der Waals surface area (Å²) < 4.78 is 45.9. The van der Waals surface area contributed by atoms with Crippen molar-refractivity contribution < 1.29 is 22.7 Å². The highest BCUT2D eigenvalue weighted by Gasteiger charge is 2.31. The van der Waals surface area contributed by atoms with Gasteiger partial charge in [-0.3, -0.25) is 14.3 Å². The van der Waals surface area contributed by atoms with Crippen molar-refractivity contribution in [3.05, 3.63) is 100.0 Å². The van der Waals surface area contributed by atoms with Crippen LogP contribution >= 0.6 is 0 Å². The van der Waals surface area contributed by atoms with Crippen molar-refractivity contribution >= 4 is 34.3 Å². The highest BCUT2D eigenvalue weighted by atomic mass is 19.4. The van der Waals surface area contributed by atoms with Crippen molar-refractivity contribution in [3.63, 3.8) is 0 Å². The second-order valence-electron chi connectivity index (χ2n) is 8.98. The Morgan fingerprint density at radius 2 is 1.83 bits per heavy atom. The van der Waals surface area contributed by atoms with Gasteiger partial charge in [0.1, 0.15) is 11.4 Å². The number of benzene rings is 2.